The molecule has 0 saturated heterocycles. The number of carbonyl (C=O) groups is 2. The predicted molar refractivity (Wildman–Crippen MR) is 114 cm³/mol. The minimum Gasteiger partial charge on any atom is -0.465 e. The Morgan fingerprint density at radius 1 is 1.10 bits per heavy atom. The highest BCUT2D eigenvalue weighted by atomic mass is 32.2. The minimum atomic E-state index is -3.57. The molecular weight excluding hydrogens is 426 g/mol. The molecule has 8 nitrogen and oxygen atoms in total. The van der Waals surface area contributed by atoms with Gasteiger partial charge < -0.3 is 9.30 Å². The molecule has 0 aliphatic rings. The number of methoxy groups -OCH3 is 1. The average Bonchev–Trinajstić information content (AvgIpc) is 3.08. The lowest BCUT2D eigenvalue weighted by Gasteiger charge is -2.11. The Bertz CT molecular complexity index is 1290. The molecule has 30 heavy (non-hydrogen) atoms. The number of aryl methyl sites for hydroxylation is 1. The lowest BCUT2D eigenvalue weighted by atomic mass is 10.2. The first-order chi connectivity index (χ1) is 14.2. The fourth-order valence-corrected chi connectivity index (χ4v) is 4.87. The maximum absolute atomic E-state index is 12.7. The van der Waals surface area contributed by atoms with Crippen molar-refractivity contribution in [3.8, 4) is 0 Å². The largest absolute Gasteiger partial charge is 0.465 e. The second kappa shape index (κ2) is 8.50. The maximum Gasteiger partial charge on any atom is 0.337 e. The van der Waals surface area contributed by atoms with Crippen molar-refractivity contribution in [3.05, 3.63) is 58.4 Å². The summed E-state index contributed by atoms with van der Waals surface area (Å²) in [5, 5.41) is 0. The Kier molecular flexibility index (Phi) is 6.20. The normalized spacial score (nSPS) is 12.5. The molecule has 158 valence electrons. The molecule has 0 aliphatic carbocycles. The van der Waals surface area contributed by atoms with Crippen molar-refractivity contribution in [1.82, 2.24) is 8.87 Å². The number of fused-ring (bicyclic) bond motifs is 1. The van der Waals surface area contributed by atoms with E-state index < -0.39 is 21.9 Å². The molecule has 0 N–H and O–H groups in total. The molecule has 0 spiro atoms. The molecule has 0 fully saturated rings. The summed E-state index contributed by atoms with van der Waals surface area (Å²) in [5.41, 5.74) is 1.56. The number of benzene rings is 2. The number of esters is 1. The van der Waals surface area contributed by atoms with Crippen LogP contribution >= 0.6 is 11.3 Å². The van der Waals surface area contributed by atoms with Gasteiger partial charge in [0.1, 0.15) is 0 Å². The molecule has 3 rings (SSSR count). The summed E-state index contributed by atoms with van der Waals surface area (Å²) in [6.45, 7) is 2.52. The third kappa shape index (κ3) is 4.07. The zero-order chi connectivity index (χ0) is 22.1. The number of sulfonamides is 1. The van der Waals surface area contributed by atoms with Gasteiger partial charge in [-0.15, -0.1) is 0 Å². The lowest BCUT2D eigenvalue weighted by molar-refractivity contribution is 0.0600. The number of hydrogen-bond acceptors (Lipinski definition) is 6. The number of nitrogens with zero attached hydrogens (tertiary/aromatic N) is 3. The topological polar surface area (TPSA) is 98.0 Å². The van der Waals surface area contributed by atoms with Crippen LogP contribution in [-0.4, -0.2) is 50.4 Å². The molecule has 0 bridgehead atoms. The quantitative estimate of drug-likeness (QED) is 0.560. The Morgan fingerprint density at radius 2 is 1.73 bits per heavy atom. The number of ether oxygens (including phenoxy) is 1. The zero-order valence-corrected chi connectivity index (χ0v) is 18.6. The monoisotopic (exact) mass is 447 g/mol. The second-order valence-electron chi connectivity index (χ2n) is 6.53. The standard InChI is InChI=1S/C20H21N3O5S2/c1-5-23-16-11-8-14(19(25)28-4)12-17(16)29-20(23)21-18(24)13-6-9-15(10-7-13)30(26,27)22(2)3/h6-12H,5H2,1-4H3. The van der Waals surface area contributed by atoms with Crippen LogP contribution in [0.2, 0.25) is 0 Å². The SMILES string of the molecule is CCn1c(=NC(=O)c2ccc(S(=O)(=O)N(C)C)cc2)sc2cc(C(=O)OC)ccc21. The van der Waals surface area contributed by atoms with E-state index in [1.165, 1.54) is 56.8 Å². The second-order valence-corrected chi connectivity index (χ2v) is 9.69. The zero-order valence-electron chi connectivity index (χ0n) is 16.9. The van der Waals surface area contributed by atoms with Crippen molar-refractivity contribution >= 4 is 43.5 Å². The summed E-state index contributed by atoms with van der Waals surface area (Å²) < 4.78 is 32.9. The van der Waals surface area contributed by atoms with Crippen LogP contribution in [0.25, 0.3) is 10.2 Å². The lowest BCUT2D eigenvalue weighted by Crippen LogP contribution is -2.22. The number of amides is 1. The summed E-state index contributed by atoms with van der Waals surface area (Å²) in [6, 6.07) is 10.8. The summed E-state index contributed by atoms with van der Waals surface area (Å²) in [6.07, 6.45) is 0. The molecule has 0 saturated carbocycles. The number of carbonyl (C=O) groups excluding carboxylic acids is 2. The third-order valence-electron chi connectivity index (χ3n) is 4.50. The van der Waals surface area contributed by atoms with Crippen LogP contribution in [0.5, 0.6) is 0 Å². The van der Waals surface area contributed by atoms with Crippen LogP contribution in [0, 0.1) is 0 Å². The van der Waals surface area contributed by atoms with Gasteiger partial charge in [-0.2, -0.15) is 4.99 Å². The van der Waals surface area contributed by atoms with Gasteiger partial charge in [0.25, 0.3) is 5.91 Å². The first-order valence-corrected chi connectivity index (χ1v) is 11.3. The molecule has 1 aromatic heterocycles. The Morgan fingerprint density at radius 3 is 2.30 bits per heavy atom. The minimum absolute atomic E-state index is 0.102. The number of thiazole rings is 1. The van der Waals surface area contributed by atoms with Crippen molar-refractivity contribution in [1.29, 1.82) is 0 Å². The van der Waals surface area contributed by atoms with Crippen LogP contribution in [0.3, 0.4) is 0 Å². The van der Waals surface area contributed by atoms with Crippen LogP contribution in [-0.2, 0) is 21.3 Å². The van der Waals surface area contributed by atoms with E-state index in [-0.39, 0.29) is 10.5 Å². The highest BCUT2D eigenvalue weighted by molar-refractivity contribution is 7.89. The highest BCUT2D eigenvalue weighted by Crippen LogP contribution is 2.20. The van der Waals surface area contributed by atoms with E-state index in [0.717, 1.165) is 14.5 Å². The average molecular weight is 448 g/mol. The van der Waals surface area contributed by atoms with Gasteiger partial charge in [-0.1, -0.05) is 11.3 Å². The van der Waals surface area contributed by atoms with Crippen LogP contribution in [0.4, 0.5) is 0 Å². The van der Waals surface area contributed by atoms with Gasteiger partial charge >= 0.3 is 5.97 Å². The van der Waals surface area contributed by atoms with Gasteiger partial charge in [0.15, 0.2) is 4.80 Å². The summed E-state index contributed by atoms with van der Waals surface area (Å²) >= 11 is 1.29. The fraction of sp³-hybridized carbons (Fsp3) is 0.250. The highest BCUT2D eigenvalue weighted by Gasteiger charge is 2.18. The van der Waals surface area contributed by atoms with Gasteiger partial charge in [-0.05, 0) is 49.4 Å². The molecule has 1 heterocycles. The van der Waals surface area contributed by atoms with E-state index in [9.17, 15) is 18.0 Å². The van der Waals surface area contributed by atoms with E-state index in [0.29, 0.717) is 16.9 Å². The maximum atomic E-state index is 12.7. The molecule has 0 radical (unpaired) electrons. The van der Waals surface area contributed by atoms with Crippen LogP contribution < -0.4 is 4.80 Å². The van der Waals surface area contributed by atoms with Crippen molar-refractivity contribution in [2.45, 2.75) is 18.4 Å². The summed E-state index contributed by atoms with van der Waals surface area (Å²) in [7, 11) is 0.643. The molecule has 1 amide bonds. The van der Waals surface area contributed by atoms with Crippen LogP contribution in [0.1, 0.15) is 27.6 Å². The van der Waals surface area contributed by atoms with Crippen LogP contribution in [0.15, 0.2) is 52.4 Å². The van der Waals surface area contributed by atoms with Gasteiger partial charge in [0.2, 0.25) is 10.0 Å². The molecule has 0 unspecified atom stereocenters. The summed E-state index contributed by atoms with van der Waals surface area (Å²) in [5.74, 6) is -0.915. The van der Waals surface area contributed by atoms with Gasteiger partial charge in [0.05, 0.1) is 27.8 Å². The Balaban J connectivity index is 2.01. The Labute approximate surface area is 178 Å². The van der Waals surface area contributed by atoms with Crippen molar-refractivity contribution in [2.75, 3.05) is 21.2 Å². The predicted octanol–water partition coefficient (Wildman–Crippen LogP) is 2.50. The Hall–Kier alpha value is -2.82. The van der Waals surface area contributed by atoms with E-state index in [1.807, 2.05) is 11.5 Å². The van der Waals surface area contributed by atoms with E-state index in [2.05, 4.69) is 4.99 Å². The van der Waals surface area contributed by atoms with Gasteiger partial charge in [0, 0.05) is 26.2 Å². The van der Waals surface area contributed by atoms with E-state index in [4.69, 9.17) is 4.74 Å². The summed E-state index contributed by atoms with van der Waals surface area (Å²) in [4.78, 5) is 29.3. The first kappa shape index (κ1) is 21.9. The molecular formula is C20H21N3O5S2. The molecule has 3 aromatic rings. The molecule has 2 aromatic carbocycles. The number of aromatic nitrogens is 1. The number of hydrogen-bond donors (Lipinski definition) is 0. The van der Waals surface area contributed by atoms with Gasteiger partial charge in [-0.3, -0.25) is 4.79 Å². The molecule has 0 aliphatic heterocycles. The van der Waals surface area contributed by atoms with E-state index >= 15 is 0 Å². The molecule has 0 atom stereocenters. The van der Waals surface area contributed by atoms with Crippen molar-refractivity contribution in [2.24, 2.45) is 4.99 Å². The number of rotatable bonds is 5. The van der Waals surface area contributed by atoms with Crippen molar-refractivity contribution < 1.29 is 22.7 Å². The fourth-order valence-electron chi connectivity index (χ4n) is 2.84. The van der Waals surface area contributed by atoms with Crippen molar-refractivity contribution in [3.63, 3.8) is 0 Å². The first-order valence-electron chi connectivity index (χ1n) is 9.02. The van der Waals surface area contributed by atoms with Gasteiger partial charge in [-0.25, -0.2) is 17.5 Å². The van der Waals surface area contributed by atoms with E-state index in [1.54, 1.807) is 18.2 Å². The smallest absolute Gasteiger partial charge is 0.337 e. The molecule has 10 heteroatoms. The third-order valence-corrected chi connectivity index (χ3v) is 7.37.